The van der Waals surface area contributed by atoms with Gasteiger partial charge in [-0.15, -0.1) is 0 Å². The van der Waals surface area contributed by atoms with E-state index in [1.807, 2.05) is 43.3 Å². The lowest BCUT2D eigenvalue weighted by Crippen LogP contribution is -2.32. The minimum Gasteiger partial charge on any atom is -0.493 e. The zero-order chi connectivity index (χ0) is 18.7. The van der Waals surface area contributed by atoms with Crippen LogP contribution in [0, 0.1) is 6.92 Å². The molecule has 0 aliphatic carbocycles. The Labute approximate surface area is 154 Å². The Morgan fingerprint density at radius 1 is 1.00 bits per heavy atom. The van der Waals surface area contributed by atoms with Crippen LogP contribution in [-0.2, 0) is 16.6 Å². The third kappa shape index (κ3) is 3.61. The second-order valence-electron chi connectivity index (χ2n) is 6.25. The quantitative estimate of drug-likeness (QED) is 0.821. The summed E-state index contributed by atoms with van der Waals surface area (Å²) in [5, 5.41) is 0. The zero-order valence-corrected chi connectivity index (χ0v) is 16.0. The molecule has 0 saturated carbocycles. The molecule has 138 valence electrons. The lowest BCUT2D eigenvalue weighted by molar-refractivity contribution is 0.353. The molecule has 1 heterocycles. The highest BCUT2D eigenvalue weighted by Crippen LogP contribution is 2.33. The topological polar surface area (TPSA) is 55.8 Å². The van der Waals surface area contributed by atoms with E-state index >= 15 is 0 Å². The van der Waals surface area contributed by atoms with Gasteiger partial charge in [0.25, 0.3) is 0 Å². The molecule has 0 bridgehead atoms. The Morgan fingerprint density at radius 2 is 1.65 bits per heavy atom. The van der Waals surface area contributed by atoms with Crippen LogP contribution in [0.3, 0.4) is 0 Å². The molecule has 0 N–H and O–H groups in total. The van der Waals surface area contributed by atoms with Crippen LogP contribution in [-0.4, -0.2) is 33.5 Å². The van der Waals surface area contributed by atoms with Crippen molar-refractivity contribution in [1.29, 1.82) is 0 Å². The van der Waals surface area contributed by atoms with Gasteiger partial charge in [-0.05, 0) is 48.7 Å². The summed E-state index contributed by atoms with van der Waals surface area (Å²) in [6.45, 7) is 2.66. The van der Waals surface area contributed by atoms with Gasteiger partial charge in [0.05, 0.1) is 19.1 Å². The van der Waals surface area contributed by atoms with Crippen LogP contribution < -0.4 is 9.47 Å². The Balaban J connectivity index is 2.01. The molecule has 0 fully saturated rings. The predicted molar refractivity (Wildman–Crippen MR) is 102 cm³/mol. The van der Waals surface area contributed by atoms with Crippen molar-refractivity contribution in [2.24, 2.45) is 0 Å². The van der Waals surface area contributed by atoms with E-state index in [2.05, 4.69) is 0 Å². The minimum absolute atomic E-state index is 0.288. The van der Waals surface area contributed by atoms with Crippen LogP contribution in [0.25, 0.3) is 6.08 Å². The molecule has 0 atom stereocenters. The number of rotatable bonds is 4. The van der Waals surface area contributed by atoms with Crippen LogP contribution in [0.15, 0.2) is 47.4 Å². The van der Waals surface area contributed by atoms with Crippen LogP contribution in [0.2, 0.25) is 0 Å². The molecule has 0 radical (unpaired) electrons. The van der Waals surface area contributed by atoms with Crippen LogP contribution in [0.4, 0.5) is 0 Å². The fraction of sp³-hybridized carbons (Fsp3) is 0.300. The van der Waals surface area contributed by atoms with Crippen molar-refractivity contribution in [1.82, 2.24) is 4.31 Å². The van der Waals surface area contributed by atoms with Gasteiger partial charge in [-0.2, -0.15) is 4.31 Å². The highest BCUT2D eigenvalue weighted by molar-refractivity contribution is 7.89. The van der Waals surface area contributed by atoms with E-state index in [4.69, 9.17) is 9.47 Å². The van der Waals surface area contributed by atoms with Gasteiger partial charge in [0, 0.05) is 13.1 Å². The van der Waals surface area contributed by atoms with Crippen molar-refractivity contribution in [2.45, 2.75) is 24.8 Å². The third-order valence-electron chi connectivity index (χ3n) is 4.49. The van der Waals surface area contributed by atoms with Gasteiger partial charge in [0.15, 0.2) is 11.5 Å². The number of sulfonamides is 1. The standard InChI is InChI=1S/C20H23NO4S/c1-15-7-9-18(10-8-15)26(22,23)21-11-5-4-6-16-12-19(24-2)20(25-3)13-17(16)14-21/h4,6-10,12-13H,5,11,14H2,1-3H3/b6-4-. The summed E-state index contributed by atoms with van der Waals surface area (Å²) in [5.41, 5.74) is 2.85. The number of aryl methyl sites for hydroxylation is 1. The van der Waals surface area contributed by atoms with E-state index in [0.717, 1.165) is 16.7 Å². The van der Waals surface area contributed by atoms with E-state index in [1.54, 1.807) is 26.4 Å². The van der Waals surface area contributed by atoms with Crippen LogP contribution in [0.1, 0.15) is 23.1 Å². The number of hydrogen-bond acceptors (Lipinski definition) is 4. The summed E-state index contributed by atoms with van der Waals surface area (Å²) in [7, 11) is -0.407. The maximum Gasteiger partial charge on any atom is 0.243 e. The maximum absolute atomic E-state index is 13.1. The Hall–Kier alpha value is -2.31. The lowest BCUT2D eigenvalue weighted by Gasteiger charge is -2.25. The van der Waals surface area contributed by atoms with E-state index in [-0.39, 0.29) is 6.54 Å². The van der Waals surface area contributed by atoms with Crippen molar-refractivity contribution < 1.29 is 17.9 Å². The fourth-order valence-electron chi connectivity index (χ4n) is 2.99. The second kappa shape index (κ2) is 7.51. The largest absolute Gasteiger partial charge is 0.493 e. The van der Waals surface area contributed by atoms with Gasteiger partial charge in [0.1, 0.15) is 0 Å². The maximum atomic E-state index is 13.1. The van der Waals surface area contributed by atoms with Gasteiger partial charge in [0.2, 0.25) is 10.0 Å². The molecule has 0 saturated heterocycles. The SMILES string of the molecule is COc1cc2c(cc1OC)CN(S(=O)(=O)c1ccc(C)cc1)CC/C=C\2. The minimum atomic E-state index is -3.57. The first-order valence-electron chi connectivity index (χ1n) is 8.44. The first-order valence-corrected chi connectivity index (χ1v) is 9.88. The summed E-state index contributed by atoms with van der Waals surface area (Å²) < 4.78 is 38.4. The molecule has 6 heteroatoms. The molecule has 5 nitrogen and oxygen atoms in total. The first-order chi connectivity index (χ1) is 12.5. The smallest absolute Gasteiger partial charge is 0.243 e. The number of methoxy groups -OCH3 is 2. The summed E-state index contributed by atoms with van der Waals surface area (Å²) in [4.78, 5) is 0.315. The van der Waals surface area contributed by atoms with Crippen molar-refractivity contribution in [3.63, 3.8) is 0 Å². The van der Waals surface area contributed by atoms with Crippen molar-refractivity contribution in [3.8, 4) is 11.5 Å². The molecule has 0 spiro atoms. The predicted octanol–water partition coefficient (Wildman–Crippen LogP) is 3.62. The first kappa shape index (κ1) is 18.5. The zero-order valence-electron chi connectivity index (χ0n) is 15.2. The fourth-order valence-corrected chi connectivity index (χ4v) is 4.42. The van der Waals surface area contributed by atoms with E-state index < -0.39 is 10.0 Å². The molecule has 26 heavy (non-hydrogen) atoms. The Bertz CT molecular complexity index is 918. The molecular formula is C20H23NO4S. The molecule has 2 aromatic rings. The summed E-state index contributed by atoms with van der Waals surface area (Å²) >= 11 is 0. The summed E-state index contributed by atoms with van der Waals surface area (Å²) in [6, 6.07) is 10.7. The number of ether oxygens (including phenoxy) is 2. The number of benzene rings is 2. The highest BCUT2D eigenvalue weighted by atomic mass is 32.2. The van der Waals surface area contributed by atoms with E-state index in [9.17, 15) is 8.42 Å². The molecule has 3 rings (SSSR count). The molecule has 0 unspecified atom stereocenters. The highest BCUT2D eigenvalue weighted by Gasteiger charge is 2.26. The molecular weight excluding hydrogens is 350 g/mol. The number of nitrogens with zero attached hydrogens (tertiary/aromatic N) is 1. The van der Waals surface area contributed by atoms with Gasteiger partial charge >= 0.3 is 0 Å². The lowest BCUT2D eigenvalue weighted by atomic mass is 10.0. The second-order valence-corrected chi connectivity index (χ2v) is 8.19. The molecule has 1 aliphatic heterocycles. The average Bonchev–Trinajstić information content (AvgIpc) is 2.62. The van der Waals surface area contributed by atoms with Gasteiger partial charge in [-0.25, -0.2) is 8.42 Å². The summed E-state index contributed by atoms with van der Waals surface area (Å²) in [6.07, 6.45) is 4.65. The van der Waals surface area contributed by atoms with Crippen molar-refractivity contribution in [3.05, 3.63) is 59.2 Å². The van der Waals surface area contributed by atoms with Gasteiger partial charge in [-0.1, -0.05) is 29.8 Å². The molecule has 0 aromatic heterocycles. The van der Waals surface area contributed by atoms with Crippen LogP contribution in [0.5, 0.6) is 11.5 Å². The van der Waals surface area contributed by atoms with Gasteiger partial charge in [-0.3, -0.25) is 0 Å². The van der Waals surface area contributed by atoms with E-state index in [1.165, 1.54) is 4.31 Å². The Morgan fingerprint density at radius 3 is 2.31 bits per heavy atom. The van der Waals surface area contributed by atoms with E-state index in [0.29, 0.717) is 29.4 Å². The number of hydrogen-bond donors (Lipinski definition) is 0. The normalized spacial score (nSPS) is 16.3. The van der Waals surface area contributed by atoms with Crippen molar-refractivity contribution >= 4 is 16.1 Å². The summed E-state index contributed by atoms with van der Waals surface area (Å²) in [5.74, 6) is 1.22. The monoisotopic (exact) mass is 373 g/mol. The molecule has 0 amide bonds. The van der Waals surface area contributed by atoms with Crippen molar-refractivity contribution in [2.75, 3.05) is 20.8 Å². The molecule has 1 aliphatic rings. The Kier molecular flexibility index (Phi) is 5.34. The average molecular weight is 373 g/mol. The van der Waals surface area contributed by atoms with Gasteiger partial charge < -0.3 is 9.47 Å². The number of fused-ring (bicyclic) bond motifs is 1. The third-order valence-corrected chi connectivity index (χ3v) is 6.35. The molecule has 2 aromatic carbocycles. The van der Waals surface area contributed by atoms with Crippen LogP contribution >= 0.6 is 0 Å².